The van der Waals surface area contributed by atoms with E-state index in [-0.39, 0.29) is 0 Å². The van der Waals surface area contributed by atoms with Crippen LogP contribution in [0.15, 0.2) is 16.5 Å². The summed E-state index contributed by atoms with van der Waals surface area (Å²) in [6.45, 7) is 3.52. The van der Waals surface area contributed by atoms with Gasteiger partial charge >= 0.3 is 0 Å². The highest BCUT2D eigenvalue weighted by Gasteiger charge is 2.16. The normalized spacial score (nSPS) is 20.7. The quantitative estimate of drug-likeness (QED) is 0.734. The van der Waals surface area contributed by atoms with Gasteiger partial charge in [-0.25, -0.2) is 0 Å². The fourth-order valence-corrected chi connectivity index (χ4v) is 2.27. The minimum atomic E-state index is 0.398. The van der Waals surface area contributed by atoms with Crippen molar-refractivity contribution in [2.75, 3.05) is 26.8 Å². The predicted octanol–water partition coefficient (Wildman–Crippen LogP) is 1.95. The highest BCUT2D eigenvalue weighted by molar-refractivity contribution is 5.70. The van der Waals surface area contributed by atoms with Crippen molar-refractivity contribution in [3.8, 4) is 0 Å². The van der Waals surface area contributed by atoms with Crippen LogP contribution < -0.4 is 0 Å². The Labute approximate surface area is 102 Å². The summed E-state index contributed by atoms with van der Waals surface area (Å²) in [4.78, 5) is 12.7. The van der Waals surface area contributed by atoms with E-state index in [1.807, 2.05) is 6.07 Å². The lowest BCUT2D eigenvalue weighted by molar-refractivity contribution is 0.0403. The van der Waals surface area contributed by atoms with Gasteiger partial charge in [-0.1, -0.05) is 0 Å². The fraction of sp³-hybridized carbons (Fsp3) is 0.615. The molecule has 0 aromatic carbocycles. The first-order valence-electron chi connectivity index (χ1n) is 6.08. The molecular weight excluding hydrogens is 218 g/mol. The fourth-order valence-electron chi connectivity index (χ4n) is 2.27. The second kappa shape index (κ2) is 5.98. The van der Waals surface area contributed by atoms with Gasteiger partial charge < -0.3 is 9.15 Å². The number of aldehydes is 1. The molecule has 1 fully saturated rings. The van der Waals surface area contributed by atoms with Crippen molar-refractivity contribution < 1.29 is 13.9 Å². The maximum atomic E-state index is 10.5. The van der Waals surface area contributed by atoms with Crippen LogP contribution in [0.1, 0.15) is 29.2 Å². The van der Waals surface area contributed by atoms with E-state index in [1.54, 1.807) is 6.07 Å². The topological polar surface area (TPSA) is 42.7 Å². The molecule has 1 aromatic rings. The summed E-state index contributed by atoms with van der Waals surface area (Å²) >= 11 is 0. The minimum Gasteiger partial charge on any atom is -0.457 e. The molecule has 1 saturated heterocycles. The maximum absolute atomic E-state index is 10.5. The average Bonchev–Trinajstić information content (AvgIpc) is 2.78. The lowest BCUT2D eigenvalue weighted by Gasteiger charge is -2.26. The van der Waals surface area contributed by atoms with Gasteiger partial charge in [-0.3, -0.25) is 9.69 Å². The number of rotatable bonds is 5. The standard InChI is InChI=1S/C13H19NO3/c1-14(7-11-3-2-6-16-10-11)8-12-4-5-13(9-15)17-12/h4-5,9,11H,2-3,6-8,10H2,1H3. The number of hydrogen-bond donors (Lipinski definition) is 0. The summed E-state index contributed by atoms with van der Waals surface area (Å²) in [7, 11) is 2.07. The van der Waals surface area contributed by atoms with Gasteiger partial charge in [-0.05, 0) is 37.9 Å². The Balaban J connectivity index is 1.79. The number of ether oxygens (including phenoxy) is 1. The van der Waals surface area contributed by atoms with Gasteiger partial charge in [0.15, 0.2) is 12.0 Å². The molecule has 0 radical (unpaired) electrons. The van der Waals surface area contributed by atoms with E-state index in [0.29, 0.717) is 11.7 Å². The maximum Gasteiger partial charge on any atom is 0.185 e. The Hall–Kier alpha value is -1.13. The molecule has 2 heterocycles. The van der Waals surface area contributed by atoms with Crippen LogP contribution in [0.4, 0.5) is 0 Å². The first-order valence-corrected chi connectivity index (χ1v) is 6.08. The summed E-state index contributed by atoms with van der Waals surface area (Å²) in [5.41, 5.74) is 0. The molecule has 0 amide bonds. The van der Waals surface area contributed by atoms with Gasteiger partial charge in [0.05, 0.1) is 13.2 Å². The summed E-state index contributed by atoms with van der Waals surface area (Å²) < 4.78 is 10.8. The zero-order valence-corrected chi connectivity index (χ0v) is 10.2. The smallest absolute Gasteiger partial charge is 0.185 e. The van der Waals surface area contributed by atoms with Crippen molar-refractivity contribution in [2.24, 2.45) is 5.92 Å². The van der Waals surface area contributed by atoms with Crippen molar-refractivity contribution >= 4 is 6.29 Å². The van der Waals surface area contributed by atoms with Gasteiger partial charge in [-0.15, -0.1) is 0 Å². The van der Waals surface area contributed by atoms with Crippen molar-refractivity contribution in [3.05, 3.63) is 23.7 Å². The lowest BCUT2D eigenvalue weighted by atomic mass is 10.0. The summed E-state index contributed by atoms with van der Waals surface area (Å²) in [6, 6.07) is 3.57. The number of furan rings is 1. The number of carbonyl (C=O) groups excluding carboxylic acids is 1. The van der Waals surface area contributed by atoms with Crippen LogP contribution in [0.5, 0.6) is 0 Å². The van der Waals surface area contributed by atoms with E-state index < -0.39 is 0 Å². The van der Waals surface area contributed by atoms with Crippen LogP contribution >= 0.6 is 0 Å². The highest BCUT2D eigenvalue weighted by atomic mass is 16.5. The molecule has 1 atom stereocenters. The summed E-state index contributed by atoms with van der Waals surface area (Å²) in [5.74, 6) is 1.86. The largest absolute Gasteiger partial charge is 0.457 e. The Morgan fingerprint density at radius 1 is 1.53 bits per heavy atom. The van der Waals surface area contributed by atoms with Gasteiger partial charge in [0, 0.05) is 13.2 Å². The van der Waals surface area contributed by atoms with Crippen molar-refractivity contribution in [1.29, 1.82) is 0 Å². The zero-order valence-electron chi connectivity index (χ0n) is 10.2. The molecule has 17 heavy (non-hydrogen) atoms. The van der Waals surface area contributed by atoms with Crippen LogP contribution in [0.25, 0.3) is 0 Å². The Bertz CT molecular complexity index is 355. The molecule has 1 unspecified atom stereocenters. The predicted molar refractivity (Wildman–Crippen MR) is 64.0 cm³/mol. The Morgan fingerprint density at radius 2 is 2.41 bits per heavy atom. The Morgan fingerprint density at radius 3 is 3.06 bits per heavy atom. The van der Waals surface area contributed by atoms with Crippen molar-refractivity contribution in [3.63, 3.8) is 0 Å². The van der Waals surface area contributed by atoms with Gasteiger partial charge in [0.2, 0.25) is 0 Å². The van der Waals surface area contributed by atoms with E-state index >= 15 is 0 Å². The minimum absolute atomic E-state index is 0.398. The van der Waals surface area contributed by atoms with Crippen LogP contribution in [0.3, 0.4) is 0 Å². The first-order chi connectivity index (χ1) is 8.28. The van der Waals surface area contributed by atoms with Crippen LogP contribution in [0.2, 0.25) is 0 Å². The molecular formula is C13H19NO3. The highest BCUT2D eigenvalue weighted by Crippen LogP contribution is 2.16. The zero-order chi connectivity index (χ0) is 12.1. The molecule has 0 saturated carbocycles. The van der Waals surface area contributed by atoms with E-state index in [1.165, 1.54) is 6.42 Å². The van der Waals surface area contributed by atoms with Gasteiger partial charge in [-0.2, -0.15) is 0 Å². The molecule has 1 aliphatic rings. The Kier molecular flexibility index (Phi) is 4.34. The number of carbonyl (C=O) groups is 1. The van der Waals surface area contributed by atoms with Crippen LogP contribution in [0, 0.1) is 5.92 Å². The molecule has 4 heteroatoms. The van der Waals surface area contributed by atoms with E-state index in [0.717, 1.165) is 44.8 Å². The van der Waals surface area contributed by atoms with E-state index in [2.05, 4.69) is 11.9 Å². The van der Waals surface area contributed by atoms with E-state index in [4.69, 9.17) is 9.15 Å². The van der Waals surface area contributed by atoms with Crippen molar-refractivity contribution in [2.45, 2.75) is 19.4 Å². The lowest BCUT2D eigenvalue weighted by Crippen LogP contribution is -2.30. The number of hydrogen-bond acceptors (Lipinski definition) is 4. The monoisotopic (exact) mass is 237 g/mol. The second-order valence-corrected chi connectivity index (χ2v) is 4.70. The molecule has 0 spiro atoms. The molecule has 1 aliphatic heterocycles. The molecule has 1 aromatic heterocycles. The molecule has 4 nitrogen and oxygen atoms in total. The number of nitrogens with zero attached hydrogens (tertiary/aromatic N) is 1. The SMILES string of the molecule is CN(Cc1ccc(C=O)o1)CC1CCCOC1. The third-order valence-electron chi connectivity index (χ3n) is 3.05. The third-order valence-corrected chi connectivity index (χ3v) is 3.05. The molecule has 0 N–H and O–H groups in total. The van der Waals surface area contributed by atoms with Crippen LogP contribution in [-0.2, 0) is 11.3 Å². The second-order valence-electron chi connectivity index (χ2n) is 4.70. The van der Waals surface area contributed by atoms with Crippen molar-refractivity contribution in [1.82, 2.24) is 4.90 Å². The van der Waals surface area contributed by atoms with Gasteiger partial charge in [0.1, 0.15) is 5.76 Å². The third kappa shape index (κ3) is 3.68. The van der Waals surface area contributed by atoms with Crippen LogP contribution in [-0.4, -0.2) is 38.0 Å². The molecule has 94 valence electrons. The average molecular weight is 237 g/mol. The summed E-state index contributed by atoms with van der Waals surface area (Å²) in [5, 5.41) is 0. The summed E-state index contributed by atoms with van der Waals surface area (Å²) in [6.07, 6.45) is 3.13. The molecule has 0 aliphatic carbocycles. The first kappa shape index (κ1) is 12.3. The molecule has 0 bridgehead atoms. The van der Waals surface area contributed by atoms with Gasteiger partial charge in [0.25, 0.3) is 0 Å². The molecule has 2 rings (SSSR count). The van der Waals surface area contributed by atoms with E-state index in [9.17, 15) is 4.79 Å².